The molecule has 0 saturated carbocycles. The maximum atomic E-state index is 4.58. The van der Waals surface area contributed by atoms with Gasteiger partial charge in [0.15, 0.2) is 0 Å². The molecule has 2 heterocycles. The molecule has 15 heavy (non-hydrogen) atoms. The predicted molar refractivity (Wildman–Crippen MR) is 64.4 cm³/mol. The third-order valence-corrected chi connectivity index (χ3v) is 3.17. The Morgan fingerprint density at radius 2 is 2.20 bits per heavy atom. The molecule has 1 aromatic heterocycles. The first kappa shape index (κ1) is 10.3. The van der Waals surface area contributed by atoms with Crippen LogP contribution in [-0.2, 0) is 0 Å². The summed E-state index contributed by atoms with van der Waals surface area (Å²) in [5, 5.41) is 3.08. The van der Waals surface area contributed by atoms with E-state index in [9.17, 15) is 0 Å². The molecule has 0 aliphatic carbocycles. The number of aromatic nitrogens is 1. The molecule has 1 aliphatic heterocycles. The Morgan fingerprint density at radius 1 is 1.40 bits per heavy atom. The molecular formula is C12H19N3. The van der Waals surface area contributed by atoms with E-state index in [-0.39, 0.29) is 5.54 Å². The van der Waals surface area contributed by atoms with E-state index in [2.05, 4.69) is 41.2 Å². The van der Waals surface area contributed by atoms with Gasteiger partial charge in [0, 0.05) is 19.1 Å². The Kier molecular flexibility index (Phi) is 2.55. The molecule has 1 aromatic rings. The Morgan fingerprint density at radius 3 is 2.80 bits per heavy atom. The number of hydrogen-bond donors (Lipinski definition) is 1. The topological polar surface area (TPSA) is 28.2 Å². The van der Waals surface area contributed by atoms with Crippen molar-refractivity contribution in [1.82, 2.24) is 4.98 Å². The van der Waals surface area contributed by atoms with Crippen molar-refractivity contribution in [3.05, 3.63) is 18.2 Å². The van der Waals surface area contributed by atoms with Gasteiger partial charge in [0.2, 0.25) is 0 Å². The van der Waals surface area contributed by atoms with Gasteiger partial charge in [-0.15, -0.1) is 0 Å². The third-order valence-electron chi connectivity index (χ3n) is 3.17. The average molecular weight is 205 g/mol. The van der Waals surface area contributed by atoms with Gasteiger partial charge in [0.05, 0.1) is 0 Å². The summed E-state index contributed by atoms with van der Waals surface area (Å²) in [5.74, 6) is 2.03. The molecule has 0 aromatic carbocycles. The molecular weight excluding hydrogens is 186 g/mol. The molecule has 82 valence electrons. The first-order chi connectivity index (χ1) is 7.13. The molecule has 1 fully saturated rings. The summed E-state index contributed by atoms with van der Waals surface area (Å²) in [6.07, 6.45) is 2.51. The van der Waals surface area contributed by atoms with Crippen LogP contribution in [0.3, 0.4) is 0 Å². The Hall–Kier alpha value is -1.25. The van der Waals surface area contributed by atoms with Gasteiger partial charge < -0.3 is 10.2 Å². The van der Waals surface area contributed by atoms with Crippen LogP contribution >= 0.6 is 0 Å². The van der Waals surface area contributed by atoms with E-state index in [4.69, 9.17) is 0 Å². The minimum Gasteiger partial charge on any atom is -0.373 e. The van der Waals surface area contributed by atoms with Gasteiger partial charge in [-0.2, -0.15) is 0 Å². The minimum absolute atomic E-state index is 0.249. The number of anilines is 2. The number of hydrogen-bond acceptors (Lipinski definition) is 3. The molecule has 0 atom stereocenters. The quantitative estimate of drug-likeness (QED) is 0.804. The smallest absolute Gasteiger partial charge is 0.131 e. The fourth-order valence-electron chi connectivity index (χ4n) is 2.24. The van der Waals surface area contributed by atoms with Crippen LogP contribution in [0.5, 0.6) is 0 Å². The highest BCUT2D eigenvalue weighted by Gasteiger charge is 2.32. The van der Waals surface area contributed by atoms with E-state index < -0.39 is 0 Å². The fraction of sp³-hybridized carbons (Fsp3) is 0.583. The van der Waals surface area contributed by atoms with Crippen molar-refractivity contribution >= 4 is 11.6 Å². The van der Waals surface area contributed by atoms with E-state index >= 15 is 0 Å². The maximum absolute atomic E-state index is 4.58. The van der Waals surface area contributed by atoms with Crippen LogP contribution < -0.4 is 10.2 Å². The highest BCUT2D eigenvalue weighted by Crippen LogP contribution is 2.32. The molecule has 0 spiro atoms. The highest BCUT2D eigenvalue weighted by molar-refractivity contribution is 5.49. The van der Waals surface area contributed by atoms with Gasteiger partial charge >= 0.3 is 0 Å². The van der Waals surface area contributed by atoms with Crippen molar-refractivity contribution in [3.63, 3.8) is 0 Å². The van der Waals surface area contributed by atoms with Crippen LogP contribution in [-0.4, -0.2) is 24.1 Å². The van der Waals surface area contributed by atoms with Crippen molar-refractivity contribution in [2.45, 2.75) is 32.2 Å². The molecule has 0 radical (unpaired) electrons. The molecule has 1 saturated heterocycles. The van der Waals surface area contributed by atoms with Gasteiger partial charge in [0.25, 0.3) is 0 Å². The van der Waals surface area contributed by atoms with Crippen molar-refractivity contribution in [3.8, 4) is 0 Å². The lowest BCUT2D eigenvalue weighted by Crippen LogP contribution is -2.38. The summed E-state index contributed by atoms with van der Waals surface area (Å²) < 4.78 is 0. The van der Waals surface area contributed by atoms with Crippen LogP contribution in [0, 0.1) is 0 Å². The monoisotopic (exact) mass is 205 g/mol. The van der Waals surface area contributed by atoms with Crippen molar-refractivity contribution in [2.24, 2.45) is 0 Å². The second-order valence-corrected chi connectivity index (χ2v) is 4.70. The zero-order chi connectivity index (χ0) is 10.9. The van der Waals surface area contributed by atoms with Gasteiger partial charge in [-0.3, -0.25) is 0 Å². The molecule has 1 aliphatic rings. The number of nitrogens with zero attached hydrogens (tertiary/aromatic N) is 2. The standard InChI is InChI=1S/C12H19N3/c1-12(2)8-5-9-15(12)11-7-4-6-10(13-3)14-11/h4,6-7H,5,8-9H2,1-3H3,(H,13,14). The zero-order valence-corrected chi connectivity index (χ0v) is 9.75. The summed E-state index contributed by atoms with van der Waals surface area (Å²) >= 11 is 0. The van der Waals surface area contributed by atoms with Crippen LogP contribution in [0.1, 0.15) is 26.7 Å². The van der Waals surface area contributed by atoms with Crippen molar-refractivity contribution < 1.29 is 0 Å². The van der Waals surface area contributed by atoms with Gasteiger partial charge in [-0.05, 0) is 38.8 Å². The van der Waals surface area contributed by atoms with E-state index in [1.165, 1.54) is 12.8 Å². The maximum Gasteiger partial charge on any atom is 0.131 e. The van der Waals surface area contributed by atoms with Crippen molar-refractivity contribution in [1.29, 1.82) is 0 Å². The van der Waals surface area contributed by atoms with Gasteiger partial charge in [-0.25, -0.2) is 4.98 Å². The third kappa shape index (κ3) is 1.91. The number of nitrogens with one attached hydrogen (secondary N) is 1. The summed E-state index contributed by atoms with van der Waals surface area (Å²) in [4.78, 5) is 6.98. The Labute approximate surface area is 91.5 Å². The summed E-state index contributed by atoms with van der Waals surface area (Å²) in [5.41, 5.74) is 0.249. The van der Waals surface area contributed by atoms with Crippen LogP contribution in [0.4, 0.5) is 11.6 Å². The van der Waals surface area contributed by atoms with E-state index in [0.717, 1.165) is 18.2 Å². The lowest BCUT2D eigenvalue weighted by atomic mass is 10.0. The highest BCUT2D eigenvalue weighted by atomic mass is 15.3. The Bertz CT molecular complexity index is 346. The minimum atomic E-state index is 0.249. The summed E-state index contributed by atoms with van der Waals surface area (Å²) in [6.45, 7) is 5.69. The van der Waals surface area contributed by atoms with Crippen LogP contribution in [0.2, 0.25) is 0 Å². The average Bonchev–Trinajstić information content (AvgIpc) is 2.58. The molecule has 1 N–H and O–H groups in total. The molecule has 3 heteroatoms. The summed E-state index contributed by atoms with van der Waals surface area (Å²) in [7, 11) is 1.90. The lowest BCUT2D eigenvalue weighted by molar-refractivity contribution is 0.514. The SMILES string of the molecule is CNc1cccc(N2CCCC2(C)C)n1. The molecule has 3 nitrogen and oxygen atoms in total. The lowest BCUT2D eigenvalue weighted by Gasteiger charge is -2.32. The molecule has 2 rings (SSSR count). The largest absolute Gasteiger partial charge is 0.373 e. The first-order valence-electron chi connectivity index (χ1n) is 5.56. The van der Waals surface area contributed by atoms with E-state index in [0.29, 0.717) is 0 Å². The first-order valence-corrected chi connectivity index (χ1v) is 5.56. The fourth-order valence-corrected chi connectivity index (χ4v) is 2.24. The second-order valence-electron chi connectivity index (χ2n) is 4.70. The van der Waals surface area contributed by atoms with Crippen LogP contribution in [0.15, 0.2) is 18.2 Å². The number of rotatable bonds is 2. The Balaban J connectivity index is 2.29. The normalized spacial score (nSPS) is 19.3. The zero-order valence-electron chi connectivity index (χ0n) is 9.75. The van der Waals surface area contributed by atoms with Gasteiger partial charge in [0.1, 0.15) is 11.6 Å². The number of pyridine rings is 1. The predicted octanol–water partition coefficient (Wildman–Crippen LogP) is 2.50. The molecule has 0 amide bonds. The second kappa shape index (κ2) is 3.72. The van der Waals surface area contributed by atoms with E-state index in [1.807, 2.05) is 13.1 Å². The van der Waals surface area contributed by atoms with Crippen molar-refractivity contribution in [2.75, 3.05) is 23.8 Å². The molecule has 0 unspecified atom stereocenters. The van der Waals surface area contributed by atoms with E-state index in [1.54, 1.807) is 0 Å². The molecule has 0 bridgehead atoms. The summed E-state index contributed by atoms with van der Waals surface area (Å²) in [6, 6.07) is 6.14. The van der Waals surface area contributed by atoms with Gasteiger partial charge in [-0.1, -0.05) is 6.07 Å². The van der Waals surface area contributed by atoms with Crippen LogP contribution in [0.25, 0.3) is 0 Å².